The lowest BCUT2D eigenvalue weighted by Gasteiger charge is -2.08. The number of nitrogen functional groups attached to an aromatic ring is 1. The summed E-state index contributed by atoms with van der Waals surface area (Å²) < 4.78 is 31.2. The molecule has 4 N–H and O–H groups in total. The predicted octanol–water partition coefficient (Wildman–Crippen LogP) is 0.801. The minimum atomic E-state index is -3.71. The van der Waals surface area contributed by atoms with E-state index in [1.165, 1.54) is 37.7 Å². The first-order valence-electron chi connectivity index (χ1n) is 4.98. The molecule has 0 aliphatic carbocycles. The van der Waals surface area contributed by atoms with Crippen molar-refractivity contribution >= 4 is 21.7 Å². The van der Waals surface area contributed by atoms with Gasteiger partial charge in [-0.1, -0.05) is 0 Å². The molecule has 0 radical (unpaired) electrons. The molecule has 96 valence electrons. The van der Waals surface area contributed by atoms with Gasteiger partial charge in [-0.2, -0.15) is 0 Å². The quantitative estimate of drug-likeness (QED) is 0.710. The second-order valence-electron chi connectivity index (χ2n) is 3.45. The number of H-pyrrole nitrogens is 1. The zero-order chi connectivity index (χ0) is 13.2. The van der Waals surface area contributed by atoms with Crippen molar-refractivity contribution in [2.75, 3.05) is 17.6 Å². The molecule has 0 aliphatic rings. The smallest absolute Gasteiger partial charge is 0.264 e. The monoisotopic (exact) mass is 268 g/mol. The second kappa shape index (κ2) is 4.57. The SMILES string of the molecule is COc1ccc(S(=O)(=O)Nc2ncc[nH]2)cc1N. The first-order valence-corrected chi connectivity index (χ1v) is 6.47. The van der Waals surface area contributed by atoms with Crippen LogP contribution in [0, 0.1) is 0 Å². The molecule has 0 atom stereocenters. The lowest BCUT2D eigenvalue weighted by atomic mass is 10.3. The number of rotatable bonds is 4. The Labute approximate surface area is 104 Å². The zero-order valence-corrected chi connectivity index (χ0v) is 10.4. The largest absolute Gasteiger partial charge is 0.495 e. The van der Waals surface area contributed by atoms with Crippen molar-refractivity contribution in [1.29, 1.82) is 0 Å². The van der Waals surface area contributed by atoms with Crippen molar-refractivity contribution in [3.8, 4) is 5.75 Å². The Morgan fingerprint density at radius 2 is 2.22 bits per heavy atom. The number of aromatic amines is 1. The average Bonchev–Trinajstić information content (AvgIpc) is 2.81. The van der Waals surface area contributed by atoms with Crippen LogP contribution in [0.5, 0.6) is 5.75 Å². The van der Waals surface area contributed by atoms with Gasteiger partial charge in [0.25, 0.3) is 10.0 Å². The van der Waals surface area contributed by atoms with Crippen molar-refractivity contribution in [2.45, 2.75) is 4.90 Å². The Hall–Kier alpha value is -2.22. The Morgan fingerprint density at radius 3 is 2.78 bits per heavy atom. The maximum atomic E-state index is 12.0. The number of benzene rings is 1. The maximum Gasteiger partial charge on any atom is 0.264 e. The van der Waals surface area contributed by atoms with E-state index >= 15 is 0 Å². The fourth-order valence-corrected chi connectivity index (χ4v) is 2.40. The Morgan fingerprint density at radius 1 is 1.44 bits per heavy atom. The minimum absolute atomic E-state index is 0.0391. The van der Waals surface area contributed by atoms with Crippen LogP contribution in [0.4, 0.5) is 11.6 Å². The highest BCUT2D eigenvalue weighted by Crippen LogP contribution is 2.25. The molecule has 18 heavy (non-hydrogen) atoms. The molecule has 0 bridgehead atoms. The van der Waals surface area contributed by atoms with Crippen LogP contribution in [0.25, 0.3) is 0 Å². The molecule has 8 heteroatoms. The molecule has 2 rings (SSSR count). The standard InChI is InChI=1S/C10H12N4O3S/c1-17-9-3-2-7(6-8(9)11)18(15,16)14-10-12-4-5-13-10/h2-6H,11H2,1H3,(H2,12,13,14). The molecule has 7 nitrogen and oxygen atoms in total. The van der Waals surface area contributed by atoms with Crippen molar-refractivity contribution in [2.24, 2.45) is 0 Å². The molecule has 0 spiro atoms. The third kappa shape index (κ3) is 2.38. The number of nitrogens with one attached hydrogen (secondary N) is 2. The topological polar surface area (TPSA) is 110 Å². The summed E-state index contributed by atoms with van der Waals surface area (Å²) >= 11 is 0. The molecule has 1 aromatic carbocycles. The van der Waals surface area contributed by atoms with Gasteiger partial charge in [-0.05, 0) is 18.2 Å². The van der Waals surface area contributed by atoms with E-state index in [9.17, 15) is 8.42 Å². The normalized spacial score (nSPS) is 11.2. The van der Waals surface area contributed by atoms with Gasteiger partial charge in [-0.3, -0.25) is 0 Å². The van der Waals surface area contributed by atoms with Crippen LogP contribution in [0.2, 0.25) is 0 Å². The third-order valence-corrected chi connectivity index (χ3v) is 3.58. The van der Waals surface area contributed by atoms with Crippen LogP contribution in [0.3, 0.4) is 0 Å². The molecule has 0 amide bonds. The van der Waals surface area contributed by atoms with Gasteiger partial charge in [0, 0.05) is 12.4 Å². The number of ether oxygens (including phenoxy) is 1. The van der Waals surface area contributed by atoms with Crippen LogP contribution in [-0.2, 0) is 10.0 Å². The second-order valence-corrected chi connectivity index (χ2v) is 5.13. The number of sulfonamides is 1. The number of hydrogen-bond donors (Lipinski definition) is 3. The third-order valence-electron chi connectivity index (χ3n) is 2.24. The first kappa shape index (κ1) is 12.2. The van der Waals surface area contributed by atoms with E-state index in [1.54, 1.807) is 0 Å². The Kier molecular flexibility index (Phi) is 3.11. The molecule has 1 heterocycles. The lowest BCUT2D eigenvalue weighted by Crippen LogP contribution is -2.14. The van der Waals surface area contributed by atoms with Crippen molar-refractivity contribution in [3.05, 3.63) is 30.6 Å². The molecule has 1 aromatic heterocycles. The Balaban J connectivity index is 2.33. The van der Waals surface area contributed by atoms with Crippen LogP contribution in [-0.4, -0.2) is 25.5 Å². The number of imidazole rings is 1. The molecule has 2 aromatic rings. The van der Waals surface area contributed by atoms with Crippen molar-refractivity contribution in [3.63, 3.8) is 0 Å². The maximum absolute atomic E-state index is 12.0. The van der Waals surface area contributed by atoms with Crippen molar-refractivity contribution in [1.82, 2.24) is 9.97 Å². The lowest BCUT2D eigenvalue weighted by molar-refractivity contribution is 0.416. The van der Waals surface area contributed by atoms with Crippen LogP contribution in [0.15, 0.2) is 35.5 Å². The Bertz CT molecular complexity index is 637. The van der Waals surface area contributed by atoms with Gasteiger partial charge in [0.15, 0.2) is 0 Å². The highest BCUT2D eigenvalue weighted by molar-refractivity contribution is 7.92. The molecule has 0 fully saturated rings. The van der Waals surface area contributed by atoms with E-state index in [4.69, 9.17) is 10.5 Å². The first-order chi connectivity index (χ1) is 8.53. The van der Waals surface area contributed by atoms with Crippen LogP contribution >= 0.6 is 0 Å². The summed E-state index contributed by atoms with van der Waals surface area (Å²) in [4.78, 5) is 6.46. The summed E-state index contributed by atoms with van der Waals surface area (Å²) in [6, 6.07) is 4.22. The number of hydrogen-bond acceptors (Lipinski definition) is 5. The predicted molar refractivity (Wildman–Crippen MR) is 66.8 cm³/mol. The highest BCUT2D eigenvalue weighted by Gasteiger charge is 2.16. The van der Waals surface area contributed by atoms with E-state index in [0.29, 0.717) is 5.75 Å². The average molecular weight is 268 g/mol. The fourth-order valence-electron chi connectivity index (χ4n) is 1.39. The van der Waals surface area contributed by atoms with Gasteiger partial charge < -0.3 is 15.5 Å². The summed E-state index contributed by atoms with van der Waals surface area (Å²) in [5, 5.41) is 0. The number of nitrogens with two attached hydrogens (primary N) is 1. The number of anilines is 2. The van der Waals surface area contributed by atoms with Gasteiger partial charge in [0.1, 0.15) is 5.75 Å². The summed E-state index contributed by atoms with van der Waals surface area (Å²) in [5.41, 5.74) is 5.91. The number of methoxy groups -OCH3 is 1. The van der Waals surface area contributed by atoms with Crippen LogP contribution in [0.1, 0.15) is 0 Å². The van der Waals surface area contributed by atoms with Crippen LogP contribution < -0.4 is 15.2 Å². The highest BCUT2D eigenvalue weighted by atomic mass is 32.2. The zero-order valence-electron chi connectivity index (χ0n) is 9.54. The fraction of sp³-hybridized carbons (Fsp3) is 0.100. The van der Waals surface area contributed by atoms with Crippen molar-refractivity contribution < 1.29 is 13.2 Å². The number of aromatic nitrogens is 2. The molecule has 0 saturated carbocycles. The summed E-state index contributed by atoms with van der Waals surface area (Å²) in [6.45, 7) is 0. The summed E-state index contributed by atoms with van der Waals surface area (Å²) in [7, 11) is -2.25. The molecular formula is C10H12N4O3S. The van der Waals surface area contributed by atoms with E-state index < -0.39 is 10.0 Å². The summed E-state index contributed by atoms with van der Waals surface area (Å²) in [6.07, 6.45) is 2.96. The van der Waals surface area contributed by atoms with Gasteiger partial charge in [0.05, 0.1) is 17.7 Å². The summed E-state index contributed by atoms with van der Waals surface area (Å²) in [5.74, 6) is 0.566. The molecule has 0 aliphatic heterocycles. The van der Waals surface area contributed by atoms with Gasteiger partial charge >= 0.3 is 0 Å². The van der Waals surface area contributed by atoms with E-state index in [0.717, 1.165) is 0 Å². The van der Waals surface area contributed by atoms with E-state index in [2.05, 4.69) is 14.7 Å². The van der Waals surface area contributed by atoms with E-state index in [-0.39, 0.29) is 16.5 Å². The van der Waals surface area contributed by atoms with E-state index in [1.807, 2.05) is 0 Å². The number of nitrogens with zero attached hydrogens (tertiary/aromatic N) is 1. The molecule has 0 saturated heterocycles. The molecular weight excluding hydrogens is 256 g/mol. The van der Waals surface area contributed by atoms with Gasteiger partial charge in [-0.15, -0.1) is 0 Å². The van der Waals surface area contributed by atoms with Gasteiger partial charge in [0.2, 0.25) is 5.95 Å². The van der Waals surface area contributed by atoms with Gasteiger partial charge in [-0.25, -0.2) is 18.1 Å². The minimum Gasteiger partial charge on any atom is -0.495 e. The molecule has 0 unspecified atom stereocenters.